The number of piperidine rings is 1. The second kappa shape index (κ2) is 6.92. The van der Waals surface area contributed by atoms with E-state index in [0.717, 1.165) is 53.6 Å². The predicted molar refractivity (Wildman–Crippen MR) is 106 cm³/mol. The largest absolute Gasteiger partial charge is 0.507 e. The van der Waals surface area contributed by atoms with Gasteiger partial charge < -0.3 is 15.7 Å². The number of nitrogens with zero attached hydrogens (tertiary/aromatic N) is 2. The summed E-state index contributed by atoms with van der Waals surface area (Å²) in [5.74, 6) is 1.06. The van der Waals surface area contributed by atoms with Gasteiger partial charge in [0.05, 0.1) is 0 Å². The van der Waals surface area contributed by atoms with Crippen LogP contribution in [0.25, 0.3) is 22.0 Å². The van der Waals surface area contributed by atoms with E-state index in [9.17, 15) is 5.11 Å². The van der Waals surface area contributed by atoms with E-state index < -0.39 is 0 Å². The normalized spacial score (nSPS) is 17.4. The number of nitrogens with one attached hydrogen (secondary N) is 2. The SMILES string of the molecule is Cc1ccc(-c2nnc(N[C@@H]3CCCNC3)c3c(C)cccc23)c(O)c1. The van der Waals surface area contributed by atoms with Crippen molar-refractivity contribution in [3.05, 3.63) is 47.5 Å². The van der Waals surface area contributed by atoms with Crippen molar-refractivity contribution in [2.75, 3.05) is 18.4 Å². The average molecular weight is 348 g/mol. The van der Waals surface area contributed by atoms with Crippen molar-refractivity contribution >= 4 is 16.6 Å². The second-order valence-electron chi connectivity index (χ2n) is 7.10. The molecule has 1 aliphatic rings. The summed E-state index contributed by atoms with van der Waals surface area (Å²) in [6.07, 6.45) is 2.29. The maximum absolute atomic E-state index is 10.4. The van der Waals surface area contributed by atoms with Crippen molar-refractivity contribution in [3.63, 3.8) is 0 Å². The zero-order valence-electron chi connectivity index (χ0n) is 15.2. The number of rotatable bonds is 3. The minimum Gasteiger partial charge on any atom is -0.507 e. The van der Waals surface area contributed by atoms with Gasteiger partial charge in [0, 0.05) is 28.9 Å². The predicted octanol–water partition coefficient (Wildman–Crippen LogP) is 3.78. The zero-order valence-corrected chi connectivity index (χ0v) is 15.2. The monoisotopic (exact) mass is 348 g/mol. The maximum atomic E-state index is 10.4. The first kappa shape index (κ1) is 16.8. The number of anilines is 1. The Morgan fingerprint density at radius 3 is 2.81 bits per heavy atom. The Labute approximate surface area is 153 Å². The number of hydrogen-bond donors (Lipinski definition) is 3. The molecule has 1 aromatic heterocycles. The topological polar surface area (TPSA) is 70.1 Å². The molecule has 2 aromatic carbocycles. The van der Waals surface area contributed by atoms with Crippen LogP contribution >= 0.6 is 0 Å². The number of aryl methyl sites for hydroxylation is 2. The molecule has 4 rings (SSSR count). The molecule has 0 aliphatic carbocycles. The van der Waals surface area contributed by atoms with Gasteiger partial charge in [-0.25, -0.2) is 0 Å². The molecule has 0 saturated carbocycles. The van der Waals surface area contributed by atoms with Gasteiger partial charge in [-0.05, 0) is 56.5 Å². The molecule has 2 heterocycles. The number of fused-ring (bicyclic) bond motifs is 1. The smallest absolute Gasteiger partial charge is 0.157 e. The summed E-state index contributed by atoms with van der Waals surface area (Å²) in [5.41, 5.74) is 3.59. The molecule has 3 N–H and O–H groups in total. The van der Waals surface area contributed by atoms with Crippen LogP contribution in [0, 0.1) is 13.8 Å². The van der Waals surface area contributed by atoms with Crippen LogP contribution < -0.4 is 10.6 Å². The lowest BCUT2D eigenvalue weighted by Gasteiger charge is -2.25. The fourth-order valence-electron chi connectivity index (χ4n) is 3.69. The van der Waals surface area contributed by atoms with E-state index in [2.05, 4.69) is 39.9 Å². The lowest BCUT2D eigenvalue weighted by atomic mass is 9.99. The van der Waals surface area contributed by atoms with Crippen LogP contribution in [0.5, 0.6) is 5.75 Å². The van der Waals surface area contributed by atoms with Crippen molar-refractivity contribution < 1.29 is 5.11 Å². The van der Waals surface area contributed by atoms with E-state index in [-0.39, 0.29) is 5.75 Å². The summed E-state index contributed by atoms with van der Waals surface area (Å²) < 4.78 is 0. The van der Waals surface area contributed by atoms with Gasteiger partial charge in [0.2, 0.25) is 0 Å². The molecule has 0 unspecified atom stereocenters. The molecule has 1 aliphatic heterocycles. The summed E-state index contributed by atoms with van der Waals surface area (Å²) in [4.78, 5) is 0. The molecule has 3 aromatic rings. The minimum atomic E-state index is 0.235. The Morgan fingerprint density at radius 2 is 2.04 bits per heavy atom. The summed E-state index contributed by atoms with van der Waals surface area (Å²) in [7, 11) is 0. The van der Waals surface area contributed by atoms with Crippen molar-refractivity contribution in [1.29, 1.82) is 0 Å². The highest BCUT2D eigenvalue weighted by molar-refractivity contribution is 6.02. The standard InChI is InChI=1S/C21H24N4O/c1-13-8-9-16(18(26)11-13)20-17-7-3-5-14(2)19(17)21(25-24-20)23-15-6-4-10-22-12-15/h3,5,7-9,11,15,22,26H,4,6,10,12H2,1-2H3,(H,23,25)/t15-/m1/s1. The van der Waals surface area contributed by atoms with Gasteiger partial charge in [-0.1, -0.05) is 24.3 Å². The van der Waals surface area contributed by atoms with Gasteiger partial charge in [-0.15, -0.1) is 10.2 Å². The Morgan fingerprint density at radius 1 is 1.15 bits per heavy atom. The lowest BCUT2D eigenvalue weighted by Crippen LogP contribution is -2.38. The van der Waals surface area contributed by atoms with Crippen LogP contribution in [0.15, 0.2) is 36.4 Å². The van der Waals surface area contributed by atoms with E-state index in [1.807, 2.05) is 25.1 Å². The number of aromatic hydroxyl groups is 1. The van der Waals surface area contributed by atoms with Crippen molar-refractivity contribution in [1.82, 2.24) is 15.5 Å². The number of benzene rings is 2. The fraction of sp³-hybridized carbons (Fsp3) is 0.333. The Hall–Kier alpha value is -2.66. The first-order chi connectivity index (χ1) is 12.6. The van der Waals surface area contributed by atoms with Gasteiger partial charge in [-0.3, -0.25) is 0 Å². The molecule has 0 amide bonds. The van der Waals surface area contributed by atoms with E-state index in [1.165, 1.54) is 0 Å². The van der Waals surface area contributed by atoms with Crippen LogP contribution in [-0.2, 0) is 0 Å². The summed E-state index contributed by atoms with van der Waals surface area (Å²) in [5, 5.41) is 28.5. The van der Waals surface area contributed by atoms with Gasteiger partial charge in [0.1, 0.15) is 11.4 Å². The molecule has 1 saturated heterocycles. The molecular formula is C21H24N4O. The Kier molecular flexibility index (Phi) is 4.47. The number of aromatic nitrogens is 2. The van der Waals surface area contributed by atoms with Crippen LogP contribution in [0.4, 0.5) is 5.82 Å². The molecule has 26 heavy (non-hydrogen) atoms. The van der Waals surface area contributed by atoms with Crippen LogP contribution in [-0.4, -0.2) is 34.4 Å². The molecule has 134 valence electrons. The van der Waals surface area contributed by atoms with Gasteiger partial charge in [-0.2, -0.15) is 0 Å². The Bertz CT molecular complexity index is 948. The number of phenols is 1. The highest BCUT2D eigenvalue weighted by Crippen LogP contribution is 2.36. The molecule has 0 radical (unpaired) electrons. The highest BCUT2D eigenvalue weighted by Gasteiger charge is 2.18. The first-order valence-corrected chi connectivity index (χ1v) is 9.17. The molecule has 5 nitrogen and oxygen atoms in total. The van der Waals surface area contributed by atoms with Gasteiger partial charge in [0.15, 0.2) is 5.82 Å². The third-order valence-corrected chi connectivity index (χ3v) is 5.06. The third-order valence-electron chi connectivity index (χ3n) is 5.06. The summed E-state index contributed by atoms with van der Waals surface area (Å²) in [6, 6.07) is 12.2. The van der Waals surface area contributed by atoms with Crippen molar-refractivity contribution in [2.24, 2.45) is 0 Å². The zero-order chi connectivity index (χ0) is 18.1. The lowest BCUT2D eigenvalue weighted by molar-refractivity contribution is 0.476. The van der Waals surface area contributed by atoms with Crippen LogP contribution in [0.2, 0.25) is 0 Å². The minimum absolute atomic E-state index is 0.235. The average Bonchev–Trinajstić information content (AvgIpc) is 2.63. The highest BCUT2D eigenvalue weighted by atomic mass is 16.3. The number of phenolic OH excluding ortho intramolecular Hbond substituents is 1. The second-order valence-corrected chi connectivity index (χ2v) is 7.10. The van der Waals surface area contributed by atoms with E-state index in [0.29, 0.717) is 17.3 Å². The number of hydrogen-bond acceptors (Lipinski definition) is 5. The third kappa shape index (κ3) is 3.10. The van der Waals surface area contributed by atoms with Crippen LogP contribution in [0.1, 0.15) is 24.0 Å². The van der Waals surface area contributed by atoms with Crippen molar-refractivity contribution in [3.8, 4) is 17.0 Å². The summed E-state index contributed by atoms with van der Waals surface area (Å²) >= 11 is 0. The van der Waals surface area contributed by atoms with Crippen molar-refractivity contribution in [2.45, 2.75) is 32.7 Å². The quantitative estimate of drug-likeness (QED) is 0.672. The maximum Gasteiger partial charge on any atom is 0.157 e. The molecule has 0 bridgehead atoms. The van der Waals surface area contributed by atoms with E-state index >= 15 is 0 Å². The molecule has 0 spiro atoms. The molecular weight excluding hydrogens is 324 g/mol. The van der Waals surface area contributed by atoms with E-state index in [1.54, 1.807) is 6.07 Å². The molecule has 1 atom stereocenters. The fourth-order valence-corrected chi connectivity index (χ4v) is 3.69. The van der Waals surface area contributed by atoms with Gasteiger partial charge in [0.25, 0.3) is 0 Å². The van der Waals surface area contributed by atoms with Crippen LogP contribution in [0.3, 0.4) is 0 Å². The Balaban J connectivity index is 1.84. The van der Waals surface area contributed by atoms with E-state index in [4.69, 9.17) is 0 Å². The first-order valence-electron chi connectivity index (χ1n) is 9.17. The van der Waals surface area contributed by atoms with Gasteiger partial charge >= 0.3 is 0 Å². The summed E-state index contributed by atoms with van der Waals surface area (Å²) in [6.45, 7) is 6.07. The molecule has 1 fully saturated rings. The molecule has 5 heteroatoms.